The molecule has 0 aliphatic carbocycles. The van der Waals surface area contributed by atoms with Crippen molar-refractivity contribution < 1.29 is 0 Å². The summed E-state index contributed by atoms with van der Waals surface area (Å²) in [6.07, 6.45) is 7.08. The number of nitrogens with one attached hydrogen (secondary N) is 1. The zero-order valence-electron chi connectivity index (χ0n) is 9.46. The van der Waals surface area contributed by atoms with Gasteiger partial charge in [-0.2, -0.15) is 5.10 Å². The monoisotopic (exact) mass is 228 g/mol. The fourth-order valence-corrected chi connectivity index (χ4v) is 1.80. The minimum absolute atomic E-state index is 0.655. The van der Waals surface area contributed by atoms with E-state index in [2.05, 4.69) is 32.0 Å². The molecule has 0 amide bonds. The Kier molecular flexibility index (Phi) is 2.32. The van der Waals surface area contributed by atoms with Crippen molar-refractivity contribution in [1.29, 1.82) is 0 Å². The zero-order chi connectivity index (χ0) is 11.7. The van der Waals surface area contributed by atoms with Crippen LogP contribution in [0.3, 0.4) is 0 Å². The Hall–Kier alpha value is -2.24. The Balaban J connectivity index is 2.10. The molecule has 0 spiro atoms. The first-order valence-electron chi connectivity index (χ1n) is 5.57. The number of hydrogen-bond acceptors (Lipinski definition) is 4. The van der Waals surface area contributed by atoms with Crippen molar-refractivity contribution in [3.63, 3.8) is 0 Å². The van der Waals surface area contributed by atoms with Gasteiger partial charge in [0.1, 0.15) is 11.8 Å². The molecule has 0 unspecified atom stereocenters. The lowest BCUT2D eigenvalue weighted by atomic mass is 10.3. The van der Waals surface area contributed by atoms with Gasteiger partial charge in [-0.25, -0.2) is 19.6 Å². The molecule has 0 aromatic carbocycles. The molecule has 0 radical (unpaired) electrons. The predicted octanol–water partition coefficient (Wildman–Crippen LogP) is 1.49. The number of imidazole rings is 1. The molecule has 1 N–H and O–H groups in total. The third-order valence-corrected chi connectivity index (χ3v) is 2.57. The van der Waals surface area contributed by atoms with Crippen LogP contribution in [0.15, 0.2) is 24.9 Å². The van der Waals surface area contributed by atoms with Crippen molar-refractivity contribution in [3.05, 3.63) is 30.6 Å². The van der Waals surface area contributed by atoms with E-state index in [0.29, 0.717) is 5.65 Å². The van der Waals surface area contributed by atoms with Gasteiger partial charge in [-0.3, -0.25) is 0 Å². The summed E-state index contributed by atoms with van der Waals surface area (Å²) < 4.78 is 1.76. The summed E-state index contributed by atoms with van der Waals surface area (Å²) in [6.45, 7) is 2.14. The third kappa shape index (κ3) is 1.67. The Morgan fingerprint density at radius 1 is 1.29 bits per heavy atom. The molecule has 0 fully saturated rings. The van der Waals surface area contributed by atoms with Gasteiger partial charge in [0.15, 0.2) is 11.5 Å². The van der Waals surface area contributed by atoms with Crippen molar-refractivity contribution in [2.45, 2.75) is 19.8 Å². The van der Waals surface area contributed by atoms with Crippen LogP contribution in [0.5, 0.6) is 0 Å². The SMILES string of the molecule is CCCc1ccn(-c2ncnc3nc[nH]c23)n1. The van der Waals surface area contributed by atoms with Crippen LogP contribution in [0, 0.1) is 0 Å². The Labute approximate surface area is 97.7 Å². The van der Waals surface area contributed by atoms with E-state index in [4.69, 9.17) is 0 Å². The molecule has 86 valence electrons. The van der Waals surface area contributed by atoms with Gasteiger partial charge in [-0.15, -0.1) is 0 Å². The smallest absolute Gasteiger partial charge is 0.182 e. The van der Waals surface area contributed by atoms with E-state index in [1.165, 1.54) is 6.33 Å². The first kappa shape index (κ1) is 9.95. The van der Waals surface area contributed by atoms with Gasteiger partial charge >= 0.3 is 0 Å². The zero-order valence-corrected chi connectivity index (χ0v) is 9.46. The molecule has 3 rings (SSSR count). The minimum atomic E-state index is 0.655. The van der Waals surface area contributed by atoms with Crippen LogP contribution < -0.4 is 0 Å². The summed E-state index contributed by atoms with van der Waals surface area (Å²) in [5.74, 6) is 0.731. The van der Waals surface area contributed by atoms with E-state index in [0.717, 1.165) is 29.9 Å². The van der Waals surface area contributed by atoms with E-state index in [1.54, 1.807) is 11.0 Å². The summed E-state index contributed by atoms with van der Waals surface area (Å²) in [7, 11) is 0. The molecule has 3 aromatic heterocycles. The molecular weight excluding hydrogens is 216 g/mol. The van der Waals surface area contributed by atoms with Crippen molar-refractivity contribution in [2.75, 3.05) is 0 Å². The van der Waals surface area contributed by atoms with Crippen LogP contribution in [0.2, 0.25) is 0 Å². The fraction of sp³-hybridized carbons (Fsp3) is 0.273. The van der Waals surface area contributed by atoms with Crippen LogP contribution in [-0.4, -0.2) is 29.7 Å². The Bertz CT molecular complexity index is 638. The number of hydrogen-bond donors (Lipinski definition) is 1. The molecule has 6 nitrogen and oxygen atoms in total. The maximum atomic E-state index is 4.48. The molecule has 0 atom stereocenters. The topological polar surface area (TPSA) is 72.3 Å². The molecule has 3 heterocycles. The summed E-state index contributed by atoms with van der Waals surface area (Å²) in [6, 6.07) is 2.01. The Morgan fingerprint density at radius 3 is 3.12 bits per heavy atom. The average Bonchev–Trinajstić information content (AvgIpc) is 2.96. The van der Waals surface area contributed by atoms with E-state index >= 15 is 0 Å². The highest BCUT2D eigenvalue weighted by Crippen LogP contribution is 2.14. The van der Waals surface area contributed by atoms with Crippen LogP contribution >= 0.6 is 0 Å². The molecule has 6 heteroatoms. The van der Waals surface area contributed by atoms with Gasteiger partial charge in [0, 0.05) is 6.20 Å². The van der Waals surface area contributed by atoms with Gasteiger partial charge in [0.2, 0.25) is 0 Å². The van der Waals surface area contributed by atoms with Crippen LogP contribution in [-0.2, 0) is 6.42 Å². The highest BCUT2D eigenvalue weighted by molar-refractivity contribution is 5.77. The van der Waals surface area contributed by atoms with E-state index in [1.807, 2.05) is 12.3 Å². The molecule has 17 heavy (non-hydrogen) atoms. The quantitative estimate of drug-likeness (QED) is 0.737. The second kappa shape index (κ2) is 3.97. The molecule has 0 saturated carbocycles. The number of H-pyrrole nitrogens is 1. The lowest BCUT2D eigenvalue weighted by Gasteiger charge is -2.00. The molecular formula is C11H12N6. The van der Waals surface area contributed by atoms with E-state index in [-0.39, 0.29) is 0 Å². The second-order valence-electron chi connectivity index (χ2n) is 3.80. The molecule has 3 aromatic rings. The van der Waals surface area contributed by atoms with Gasteiger partial charge in [0.05, 0.1) is 12.0 Å². The van der Waals surface area contributed by atoms with E-state index in [9.17, 15) is 0 Å². The molecule has 0 saturated heterocycles. The number of nitrogens with zero attached hydrogens (tertiary/aromatic N) is 5. The van der Waals surface area contributed by atoms with Gasteiger partial charge in [-0.1, -0.05) is 13.3 Å². The van der Waals surface area contributed by atoms with E-state index < -0.39 is 0 Å². The summed E-state index contributed by atoms with van der Waals surface area (Å²) in [5, 5.41) is 4.48. The van der Waals surface area contributed by atoms with Gasteiger partial charge < -0.3 is 4.98 Å². The fourth-order valence-electron chi connectivity index (χ4n) is 1.80. The second-order valence-corrected chi connectivity index (χ2v) is 3.80. The highest BCUT2D eigenvalue weighted by atomic mass is 15.3. The summed E-state index contributed by atoms with van der Waals surface area (Å²) in [4.78, 5) is 15.4. The maximum absolute atomic E-state index is 4.48. The number of aromatic amines is 1. The first-order valence-corrected chi connectivity index (χ1v) is 5.57. The lowest BCUT2D eigenvalue weighted by molar-refractivity contribution is 0.792. The normalized spacial score (nSPS) is 11.1. The predicted molar refractivity (Wildman–Crippen MR) is 62.8 cm³/mol. The number of aromatic nitrogens is 6. The largest absolute Gasteiger partial charge is 0.340 e. The minimum Gasteiger partial charge on any atom is -0.340 e. The molecule has 0 bridgehead atoms. The van der Waals surface area contributed by atoms with Crippen molar-refractivity contribution >= 4 is 11.2 Å². The third-order valence-electron chi connectivity index (χ3n) is 2.57. The number of rotatable bonds is 3. The lowest BCUT2D eigenvalue weighted by Crippen LogP contribution is -2.01. The Morgan fingerprint density at radius 2 is 2.24 bits per heavy atom. The number of fused-ring (bicyclic) bond motifs is 1. The van der Waals surface area contributed by atoms with Crippen LogP contribution in [0.1, 0.15) is 19.0 Å². The summed E-state index contributed by atoms with van der Waals surface area (Å²) >= 11 is 0. The highest BCUT2D eigenvalue weighted by Gasteiger charge is 2.08. The van der Waals surface area contributed by atoms with Crippen molar-refractivity contribution in [1.82, 2.24) is 29.7 Å². The van der Waals surface area contributed by atoms with Crippen molar-refractivity contribution in [3.8, 4) is 5.82 Å². The molecule has 0 aliphatic rings. The molecule has 0 aliphatic heterocycles. The summed E-state index contributed by atoms with van der Waals surface area (Å²) in [5.41, 5.74) is 2.53. The van der Waals surface area contributed by atoms with Crippen LogP contribution in [0.4, 0.5) is 0 Å². The maximum Gasteiger partial charge on any atom is 0.182 e. The first-order chi connectivity index (χ1) is 8.38. The van der Waals surface area contributed by atoms with Crippen molar-refractivity contribution in [2.24, 2.45) is 0 Å². The number of aryl methyl sites for hydroxylation is 1. The van der Waals surface area contributed by atoms with Crippen LogP contribution in [0.25, 0.3) is 17.0 Å². The van der Waals surface area contributed by atoms with Gasteiger partial charge in [0.25, 0.3) is 0 Å². The standard InChI is InChI=1S/C11H12N6/c1-2-3-8-4-5-17(16-8)11-9-10(13-6-12-9)14-7-15-11/h4-7H,2-3H2,1H3,(H,12,13,14,15). The average molecular weight is 228 g/mol. The van der Waals surface area contributed by atoms with Gasteiger partial charge in [-0.05, 0) is 12.5 Å².